The molecule has 0 unspecified atom stereocenters. The molecule has 1 heterocycles. The molecule has 0 aliphatic heterocycles. The van der Waals surface area contributed by atoms with Gasteiger partial charge in [0.1, 0.15) is 11.9 Å². The Kier molecular flexibility index (Phi) is 5.48. The molecule has 1 amide bonds. The first-order chi connectivity index (χ1) is 8.90. The minimum atomic E-state index is -0.536. The standard InChI is InChI=1S/C14H20N2O3/c1-14(2,3)19-13(18)16-9-12(10-17)8-11-4-6-15-7-5-11/h4-7,10,12H,8-9H2,1-3H3,(H,16,18)/t12-/m1/s1. The van der Waals surface area contributed by atoms with Gasteiger partial charge in [0.05, 0.1) is 0 Å². The Morgan fingerprint density at radius 2 is 2.05 bits per heavy atom. The van der Waals surface area contributed by atoms with E-state index in [4.69, 9.17) is 4.74 Å². The maximum absolute atomic E-state index is 11.5. The van der Waals surface area contributed by atoms with Gasteiger partial charge in [-0.05, 0) is 44.9 Å². The van der Waals surface area contributed by atoms with Gasteiger partial charge in [-0.1, -0.05) is 0 Å². The minimum absolute atomic E-state index is 0.265. The molecule has 1 aromatic heterocycles. The van der Waals surface area contributed by atoms with Crippen LogP contribution >= 0.6 is 0 Å². The molecule has 104 valence electrons. The number of alkyl carbamates (subject to hydrolysis) is 1. The molecule has 5 heteroatoms. The summed E-state index contributed by atoms with van der Waals surface area (Å²) in [5, 5.41) is 2.60. The van der Waals surface area contributed by atoms with Gasteiger partial charge in [-0.25, -0.2) is 4.79 Å². The predicted octanol–water partition coefficient (Wildman–Crippen LogP) is 1.96. The van der Waals surface area contributed by atoms with Crippen molar-refractivity contribution in [3.8, 4) is 0 Å². The molecule has 1 rings (SSSR count). The summed E-state index contributed by atoms with van der Waals surface area (Å²) in [6, 6.07) is 3.70. The van der Waals surface area contributed by atoms with E-state index >= 15 is 0 Å². The van der Waals surface area contributed by atoms with Crippen LogP contribution in [0.5, 0.6) is 0 Å². The zero-order valence-corrected chi connectivity index (χ0v) is 11.6. The zero-order valence-electron chi connectivity index (χ0n) is 11.6. The minimum Gasteiger partial charge on any atom is -0.444 e. The molecular weight excluding hydrogens is 244 g/mol. The fraction of sp³-hybridized carbons (Fsp3) is 0.500. The molecule has 0 aliphatic carbocycles. The maximum Gasteiger partial charge on any atom is 0.407 e. The summed E-state index contributed by atoms with van der Waals surface area (Å²) in [6.45, 7) is 5.64. The van der Waals surface area contributed by atoms with Gasteiger partial charge in [0.25, 0.3) is 0 Å². The van der Waals surface area contributed by atoms with Crippen LogP contribution in [0.25, 0.3) is 0 Å². The van der Waals surface area contributed by atoms with E-state index in [0.717, 1.165) is 11.8 Å². The van der Waals surface area contributed by atoms with E-state index in [1.807, 2.05) is 12.1 Å². The molecule has 0 radical (unpaired) electrons. The number of aldehydes is 1. The predicted molar refractivity (Wildman–Crippen MR) is 71.7 cm³/mol. The molecule has 19 heavy (non-hydrogen) atoms. The Morgan fingerprint density at radius 3 is 2.58 bits per heavy atom. The number of nitrogens with one attached hydrogen (secondary N) is 1. The summed E-state index contributed by atoms with van der Waals surface area (Å²) in [4.78, 5) is 26.4. The number of amides is 1. The highest BCUT2D eigenvalue weighted by Crippen LogP contribution is 2.08. The lowest BCUT2D eigenvalue weighted by molar-refractivity contribution is -0.110. The molecule has 0 aromatic carbocycles. The summed E-state index contributed by atoms with van der Waals surface area (Å²) in [6.07, 6.45) is 4.27. The second-order valence-electron chi connectivity index (χ2n) is 5.34. The molecule has 0 fully saturated rings. The number of pyridine rings is 1. The van der Waals surface area contributed by atoms with Crippen molar-refractivity contribution in [2.45, 2.75) is 32.8 Å². The van der Waals surface area contributed by atoms with Crippen LogP contribution < -0.4 is 5.32 Å². The van der Waals surface area contributed by atoms with Gasteiger partial charge in [0.2, 0.25) is 0 Å². The van der Waals surface area contributed by atoms with Gasteiger partial charge in [-0.3, -0.25) is 4.98 Å². The van der Waals surface area contributed by atoms with Gasteiger partial charge < -0.3 is 14.8 Å². The van der Waals surface area contributed by atoms with E-state index in [0.29, 0.717) is 6.42 Å². The first-order valence-corrected chi connectivity index (χ1v) is 6.22. The van der Waals surface area contributed by atoms with Crippen molar-refractivity contribution in [3.63, 3.8) is 0 Å². The summed E-state index contributed by atoms with van der Waals surface area (Å²) in [5.41, 5.74) is 0.476. The van der Waals surface area contributed by atoms with Crippen LogP contribution in [-0.4, -0.2) is 29.5 Å². The van der Waals surface area contributed by atoms with Crippen LogP contribution in [0.15, 0.2) is 24.5 Å². The first-order valence-electron chi connectivity index (χ1n) is 6.22. The summed E-state index contributed by atoms with van der Waals surface area (Å²) < 4.78 is 5.11. The third-order valence-corrected chi connectivity index (χ3v) is 2.35. The molecule has 5 nitrogen and oxygen atoms in total. The van der Waals surface area contributed by atoms with Gasteiger partial charge in [-0.15, -0.1) is 0 Å². The molecule has 1 N–H and O–H groups in total. The fourth-order valence-electron chi connectivity index (χ4n) is 1.52. The number of aromatic nitrogens is 1. The van der Waals surface area contributed by atoms with Gasteiger partial charge >= 0.3 is 6.09 Å². The summed E-state index contributed by atoms with van der Waals surface area (Å²) in [5.74, 6) is -0.269. The van der Waals surface area contributed by atoms with Crippen molar-refractivity contribution in [2.24, 2.45) is 5.92 Å². The highest BCUT2D eigenvalue weighted by Gasteiger charge is 2.17. The quantitative estimate of drug-likeness (QED) is 0.825. The van der Waals surface area contributed by atoms with Crippen molar-refractivity contribution >= 4 is 12.4 Å². The van der Waals surface area contributed by atoms with Crippen LogP contribution in [-0.2, 0) is 16.0 Å². The van der Waals surface area contributed by atoms with Crippen molar-refractivity contribution in [2.75, 3.05) is 6.54 Å². The second kappa shape index (κ2) is 6.87. The van der Waals surface area contributed by atoms with E-state index in [-0.39, 0.29) is 12.5 Å². The highest BCUT2D eigenvalue weighted by atomic mass is 16.6. The average Bonchev–Trinajstić information content (AvgIpc) is 2.33. The van der Waals surface area contributed by atoms with Crippen LogP contribution in [0.3, 0.4) is 0 Å². The summed E-state index contributed by atoms with van der Waals surface area (Å²) >= 11 is 0. The Hall–Kier alpha value is -1.91. The van der Waals surface area contributed by atoms with Crippen molar-refractivity contribution in [1.82, 2.24) is 10.3 Å². The van der Waals surface area contributed by atoms with Crippen molar-refractivity contribution in [1.29, 1.82) is 0 Å². The Bertz CT molecular complexity index is 412. The Balaban J connectivity index is 2.41. The molecule has 1 atom stereocenters. The van der Waals surface area contributed by atoms with Crippen molar-refractivity contribution < 1.29 is 14.3 Å². The molecular formula is C14H20N2O3. The molecule has 0 spiro atoms. The third-order valence-electron chi connectivity index (χ3n) is 2.35. The van der Waals surface area contributed by atoms with Crippen LogP contribution in [0.2, 0.25) is 0 Å². The number of carbonyl (C=O) groups excluding carboxylic acids is 2. The Morgan fingerprint density at radius 1 is 1.42 bits per heavy atom. The highest BCUT2D eigenvalue weighted by molar-refractivity contribution is 5.68. The lowest BCUT2D eigenvalue weighted by atomic mass is 10.0. The monoisotopic (exact) mass is 264 g/mol. The Labute approximate surface area is 113 Å². The average molecular weight is 264 g/mol. The maximum atomic E-state index is 11.5. The van der Waals surface area contributed by atoms with Gasteiger partial charge in [-0.2, -0.15) is 0 Å². The van der Waals surface area contributed by atoms with Crippen LogP contribution in [0, 0.1) is 5.92 Å². The summed E-state index contributed by atoms with van der Waals surface area (Å²) in [7, 11) is 0. The zero-order chi connectivity index (χ0) is 14.3. The molecule has 0 bridgehead atoms. The van der Waals surface area contributed by atoms with E-state index in [1.54, 1.807) is 33.2 Å². The van der Waals surface area contributed by atoms with Crippen LogP contribution in [0.1, 0.15) is 26.3 Å². The van der Waals surface area contributed by atoms with E-state index < -0.39 is 11.7 Å². The second-order valence-corrected chi connectivity index (χ2v) is 5.34. The lowest BCUT2D eigenvalue weighted by Gasteiger charge is -2.20. The molecule has 0 saturated carbocycles. The number of nitrogens with zero attached hydrogens (tertiary/aromatic N) is 1. The topological polar surface area (TPSA) is 68.3 Å². The normalized spacial score (nSPS) is 12.6. The number of ether oxygens (including phenoxy) is 1. The number of carbonyl (C=O) groups is 2. The van der Waals surface area contributed by atoms with E-state index in [2.05, 4.69) is 10.3 Å². The third kappa shape index (κ3) is 6.55. The first kappa shape index (κ1) is 15.1. The molecule has 0 saturated heterocycles. The fourth-order valence-corrected chi connectivity index (χ4v) is 1.52. The van der Waals surface area contributed by atoms with Crippen molar-refractivity contribution in [3.05, 3.63) is 30.1 Å². The van der Waals surface area contributed by atoms with Crippen LogP contribution in [0.4, 0.5) is 4.79 Å². The smallest absolute Gasteiger partial charge is 0.407 e. The number of hydrogen-bond donors (Lipinski definition) is 1. The largest absolute Gasteiger partial charge is 0.444 e. The number of rotatable bonds is 5. The van der Waals surface area contributed by atoms with E-state index in [1.165, 1.54) is 0 Å². The lowest BCUT2D eigenvalue weighted by Crippen LogP contribution is -2.36. The number of hydrogen-bond acceptors (Lipinski definition) is 4. The SMILES string of the molecule is CC(C)(C)OC(=O)NC[C@H](C=O)Cc1ccncc1. The molecule has 1 aromatic rings. The molecule has 0 aliphatic rings. The van der Waals surface area contributed by atoms with Gasteiger partial charge in [0.15, 0.2) is 0 Å². The van der Waals surface area contributed by atoms with E-state index in [9.17, 15) is 9.59 Å². The van der Waals surface area contributed by atoms with Gasteiger partial charge in [0, 0.05) is 24.9 Å².